The summed E-state index contributed by atoms with van der Waals surface area (Å²) in [7, 11) is 0. The summed E-state index contributed by atoms with van der Waals surface area (Å²) in [6.07, 6.45) is 13.8. The number of esters is 1. The van der Waals surface area contributed by atoms with Gasteiger partial charge in [0.2, 0.25) is 5.91 Å². The molecule has 47 heavy (non-hydrogen) atoms. The zero-order valence-electron chi connectivity index (χ0n) is 31.9. The van der Waals surface area contributed by atoms with Crippen LogP contribution in [-0.4, -0.2) is 41.3 Å². The lowest BCUT2D eigenvalue weighted by molar-refractivity contribution is -0.147. The molecule has 0 saturated carbocycles. The third-order valence-corrected chi connectivity index (χ3v) is 10.3. The number of carbonyl (C=O) groups excluding carboxylic acids is 2. The predicted molar refractivity (Wildman–Crippen MR) is 194 cm³/mol. The van der Waals surface area contributed by atoms with Crippen molar-refractivity contribution in [2.45, 2.75) is 177 Å². The van der Waals surface area contributed by atoms with Crippen LogP contribution in [0.3, 0.4) is 0 Å². The van der Waals surface area contributed by atoms with Crippen molar-refractivity contribution in [1.29, 1.82) is 0 Å². The number of benzene rings is 1. The van der Waals surface area contributed by atoms with Crippen molar-refractivity contribution in [2.75, 3.05) is 6.61 Å². The number of hydrogen-bond donors (Lipinski definition) is 3. The summed E-state index contributed by atoms with van der Waals surface area (Å²) in [6, 6.07) is -1.25. The van der Waals surface area contributed by atoms with Crippen molar-refractivity contribution in [3.05, 3.63) is 22.3 Å². The molecule has 0 spiro atoms. The van der Waals surface area contributed by atoms with Crippen molar-refractivity contribution < 1.29 is 24.2 Å². The van der Waals surface area contributed by atoms with Crippen molar-refractivity contribution in [1.82, 2.24) is 10.6 Å². The van der Waals surface area contributed by atoms with Crippen LogP contribution in [0.2, 0.25) is 0 Å². The molecule has 5 atom stereocenters. The van der Waals surface area contributed by atoms with Gasteiger partial charge in [-0.2, -0.15) is 0 Å². The van der Waals surface area contributed by atoms with E-state index in [0.717, 1.165) is 71.4 Å². The molecule has 1 aromatic rings. The van der Waals surface area contributed by atoms with Crippen LogP contribution < -0.4 is 15.4 Å². The highest BCUT2D eigenvalue weighted by Gasteiger charge is 2.35. The molecule has 3 unspecified atom stereocenters. The van der Waals surface area contributed by atoms with Crippen LogP contribution in [-0.2, 0) is 27.3 Å². The molecule has 2 rings (SSSR count). The van der Waals surface area contributed by atoms with Gasteiger partial charge in [-0.1, -0.05) is 86.5 Å². The molecule has 1 amide bonds. The van der Waals surface area contributed by atoms with Crippen LogP contribution in [0.4, 0.5) is 0 Å². The van der Waals surface area contributed by atoms with Gasteiger partial charge < -0.3 is 25.2 Å². The first-order valence-corrected chi connectivity index (χ1v) is 18.8. The van der Waals surface area contributed by atoms with E-state index in [0.29, 0.717) is 13.0 Å². The minimum Gasteiger partial charge on any atom is -0.507 e. The summed E-state index contributed by atoms with van der Waals surface area (Å²) in [6.45, 7) is 23.8. The van der Waals surface area contributed by atoms with Gasteiger partial charge in [0.1, 0.15) is 23.1 Å². The number of carbonyl (C=O) groups is 2. The fourth-order valence-electron chi connectivity index (χ4n) is 6.96. The van der Waals surface area contributed by atoms with Crippen LogP contribution in [0.25, 0.3) is 0 Å². The van der Waals surface area contributed by atoms with Gasteiger partial charge in [-0.3, -0.25) is 4.79 Å². The first-order valence-electron chi connectivity index (χ1n) is 18.8. The quantitative estimate of drug-likeness (QED) is 0.114. The van der Waals surface area contributed by atoms with Gasteiger partial charge in [0.15, 0.2) is 0 Å². The van der Waals surface area contributed by atoms with Crippen LogP contribution in [0.5, 0.6) is 11.5 Å². The van der Waals surface area contributed by atoms with Crippen molar-refractivity contribution >= 4 is 11.9 Å². The van der Waals surface area contributed by atoms with E-state index in [-0.39, 0.29) is 29.8 Å². The maximum absolute atomic E-state index is 13.2. The van der Waals surface area contributed by atoms with Gasteiger partial charge in [-0.15, -0.1) is 0 Å². The Morgan fingerprint density at radius 1 is 0.894 bits per heavy atom. The summed E-state index contributed by atoms with van der Waals surface area (Å²) >= 11 is 0. The number of ether oxygens (including phenoxy) is 2. The van der Waals surface area contributed by atoms with Gasteiger partial charge in [0, 0.05) is 17.7 Å². The fourth-order valence-corrected chi connectivity index (χ4v) is 6.96. The van der Waals surface area contributed by atoms with Gasteiger partial charge in [0.25, 0.3) is 0 Å². The second-order valence-corrected chi connectivity index (χ2v) is 15.8. The summed E-state index contributed by atoms with van der Waals surface area (Å²) in [5, 5.41) is 17.5. The lowest BCUT2D eigenvalue weighted by atomic mass is 9.83. The molecule has 7 heteroatoms. The van der Waals surface area contributed by atoms with Crippen molar-refractivity contribution in [3.8, 4) is 11.5 Å². The average Bonchev–Trinajstić information content (AvgIpc) is 2.99. The molecule has 0 saturated heterocycles. The van der Waals surface area contributed by atoms with E-state index in [1.165, 1.54) is 44.9 Å². The van der Waals surface area contributed by atoms with Gasteiger partial charge in [-0.25, -0.2) is 4.79 Å². The first-order chi connectivity index (χ1) is 22.1. The molecule has 1 aliphatic heterocycles. The predicted octanol–water partition coefficient (Wildman–Crippen LogP) is 9.10. The third kappa shape index (κ3) is 13.3. The number of phenols is 1. The van der Waals surface area contributed by atoms with Crippen molar-refractivity contribution in [3.63, 3.8) is 0 Å². The topological polar surface area (TPSA) is 96.9 Å². The van der Waals surface area contributed by atoms with E-state index >= 15 is 0 Å². The van der Waals surface area contributed by atoms with Gasteiger partial charge >= 0.3 is 5.97 Å². The standard InChI is InChI=1S/C40H70N2O5/c1-12-46-39(45)32(10)42-38(44)35(24-27(4)5)41-25-34-33-21-23-40(11,47-37(33)31(9)30(8)36(34)43)22-15-20-29(7)19-14-18-28(6)17-13-16-26(2)3/h26-29,32,35,41,43H,12-25H2,1-11H3,(H,42,44)/t28?,29?,32-,35-,40?/m0/s1. The Labute approximate surface area is 287 Å². The Morgan fingerprint density at radius 2 is 1.49 bits per heavy atom. The molecule has 0 aromatic heterocycles. The highest BCUT2D eigenvalue weighted by molar-refractivity contribution is 5.87. The number of nitrogens with one attached hydrogen (secondary N) is 2. The second kappa shape index (κ2) is 19.7. The summed E-state index contributed by atoms with van der Waals surface area (Å²) in [5.74, 6) is 3.11. The number of aromatic hydroxyl groups is 1. The Balaban J connectivity index is 2.02. The Hall–Kier alpha value is -2.28. The van der Waals surface area contributed by atoms with E-state index in [9.17, 15) is 14.7 Å². The number of phenolic OH excluding ortho intramolecular Hbond substituents is 1. The molecule has 7 nitrogen and oxygen atoms in total. The highest BCUT2D eigenvalue weighted by atomic mass is 16.5. The summed E-state index contributed by atoms with van der Waals surface area (Å²) in [5.41, 5.74) is 3.41. The molecule has 1 aromatic carbocycles. The fraction of sp³-hybridized carbons (Fsp3) is 0.800. The molecular weight excluding hydrogens is 588 g/mol. The normalized spacial score (nSPS) is 18.7. The smallest absolute Gasteiger partial charge is 0.328 e. The zero-order valence-corrected chi connectivity index (χ0v) is 31.9. The average molecular weight is 659 g/mol. The SMILES string of the molecule is CCOC(=O)[C@H](C)NC(=O)[C@H](CC(C)C)NCc1c(O)c(C)c(C)c2c1CCC(C)(CCCC(C)CCCC(C)CCCC(C)C)O2. The molecular formula is C40H70N2O5. The highest BCUT2D eigenvalue weighted by Crippen LogP contribution is 2.45. The van der Waals surface area contributed by atoms with Crippen LogP contribution in [0.1, 0.15) is 155 Å². The first kappa shape index (κ1) is 40.9. The number of hydrogen-bond acceptors (Lipinski definition) is 6. The van der Waals surface area contributed by atoms with Crippen LogP contribution in [0.15, 0.2) is 0 Å². The Morgan fingerprint density at radius 3 is 2.06 bits per heavy atom. The largest absolute Gasteiger partial charge is 0.507 e. The molecule has 0 radical (unpaired) electrons. The minimum absolute atomic E-state index is 0.236. The van der Waals surface area contributed by atoms with E-state index in [1.807, 2.05) is 13.8 Å². The minimum atomic E-state index is -0.733. The Kier molecular flexibility index (Phi) is 17.1. The molecule has 1 aliphatic rings. The molecule has 3 N–H and O–H groups in total. The lowest BCUT2D eigenvalue weighted by Crippen LogP contribution is -2.50. The van der Waals surface area contributed by atoms with Gasteiger partial charge in [0.05, 0.1) is 12.6 Å². The van der Waals surface area contributed by atoms with E-state index < -0.39 is 18.1 Å². The second-order valence-electron chi connectivity index (χ2n) is 15.8. The zero-order chi connectivity index (χ0) is 35.3. The monoisotopic (exact) mass is 659 g/mol. The third-order valence-electron chi connectivity index (χ3n) is 10.3. The number of rotatable bonds is 21. The van der Waals surface area contributed by atoms with Crippen LogP contribution in [0, 0.1) is 37.5 Å². The van der Waals surface area contributed by atoms with Gasteiger partial charge in [-0.05, 0) is 102 Å². The molecule has 0 aliphatic carbocycles. The summed E-state index contributed by atoms with van der Waals surface area (Å²) in [4.78, 5) is 25.4. The molecule has 0 bridgehead atoms. The maximum atomic E-state index is 13.2. The lowest BCUT2D eigenvalue weighted by Gasteiger charge is -2.38. The van der Waals surface area contributed by atoms with E-state index in [1.54, 1.807) is 13.8 Å². The molecule has 270 valence electrons. The van der Waals surface area contributed by atoms with Crippen molar-refractivity contribution in [2.24, 2.45) is 23.7 Å². The van der Waals surface area contributed by atoms with Crippen LogP contribution >= 0.6 is 0 Å². The number of fused-ring (bicyclic) bond motifs is 1. The Bertz CT molecular complexity index is 1130. The maximum Gasteiger partial charge on any atom is 0.328 e. The molecule has 0 fully saturated rings. The number of amides is 1. The van der Waals surface area contributed by atoms with E-state index in [4.69, 9.17) is 9.47 Å². The van der Waals surface area contributed by atoms with E-state index in [2.05, 4.69) is 59.1 Å². The molecule has 1 heterocycles. The summed E-state index contributed by atoms with van der Waals surface area (Å²) < 4.78 is 11.9.